The quantitative estimate of drug-likeness (QED) is 0.247. The van der Waals surface area contributed by atoms with Crippen LogP contribution in [-0.4, -0.2) is 0 Å². The fourth-order valence-electron chi connectivity index (χ4n) is 5.49. The minimum Gasteiger partial charge on any atom is -0.310 e. The van der Waals surface area contributed by atoms with Gasteiger partial charge in [0.25, 0.3) is 0 Å². The molecule has 0 spiro atoms. The van der Waals surface area contributed by atoms with Crippen LogP contribution in [0.1, 0.15) is 0 Å². The Morgan fingerprint density at radius 3 is 1.76 bits per heavy atom. The summed E-state index contributed by atoms with van der Waals surface area (Å²) in [5.41, 5.74) is 5.92. The third kappa shape index (κ3) is 3.73. The lowest BCUT2D eigenvalue weighted by Crippen LogP contribution is -2.11. The molecule has 0 aliphatic heterocycles. The number of hydrogen-bond donors (Lipinski definition) is 0. The van der Waals surface area contributed by atoms with Gasteiger partial charge in [-0.1, -0.05) is 121 Å². The number of hydrogen-bond acceptors (Lipinski definition) is 1. The van der Waals surface area contributed by atoms with Gasteiger partial charge in [0.1, 0.15) is 0 Å². The number of para-hydroxylation sites is 1. The minimum absolute atomic E-state index is 1.13. The zero-order valence-corrected chi connectivity index (χ0v) is 20.4. The Hall–Kier alpha value is -4.88. The average Bonchev–Trinajstić information content (AvgIpc) is 2.97. The third-order valence-corrected chi connectivity index (χ3v) is 7.21. The van der Waals surface area contributed by atoms with Crippen molar-refractivity contribution >= 4 is 49.4 Å². The highest BCUT2D eigenvalue weighted by Gasteiger charge is 2.20. The molecule has 1 nitrogen and oxygen atoms in total. The number of anilines is 3. The van der Waals surface area contributed by atoms with Crippen molar-refractivity contribution in [2.75, 3.05) is 4.90 Å². The molecule has 0 aromatic heterocycles. The van der Waals surface area contributed by atoms with Gasteiger partial charge in [0.2, 0.25) is 0 Å². The van der Waals surface area contributed by atoms with E-state index in [1.807, 2.05) is 0 Å². The summed E-state index contributed by atoms with van der Waals surface area (Å²) < 4.78 is 0. The molecule has 0 saturated carbocycles. The van der Waals surface area contributed by atoms with Crippen molar-refractivity contribution < 1.29 is 0 Å². The minimum atomic E-state index is 1.13. The van der Waals surface area contributed by atoms with Gasteiger partial charge < -0.3 is 4.90 Å². The molecule has 37 heavy (non-hydrogen) atoms. The highest BCUT2D eigenvalue weighted by atomic mass is 15.1. The van der Waals surface area contributed by atoms with Crippen molar-refractivity contribution in [1.29, 1.82) is 0 Å². The summed E-state index contributed by atoms with van der Waals surface area (Å²) in [4.78, 5) is 2.40. The van der Waals surface area contributed by atoms with Gasteiger partial charge in [-0.3, -0.25) is 0 Å². The fourth-order valence-corrected chi connectivity index (χ4v) is 5.49. The molecule has 7 aromatic carbocycles. The average molecular weight is 472 g/mol. The molecule has 0 N–H and O–H groups in total. The van der Waals surface area contributed by atoms with Crippen LogP contribution in [0.15, 0.2) is 152 Å². The van der Waals surface area contributed by atoms with Crippen molar-refractivity contribution in [1.82, 2.24) is 0 Å². The van der Waals surface area contributed by atoms with E-state index in [2.05, 4.69) is 157 Å². The molecule has 0 aliphatic carbocycles. The smallest absolute Gasteiger partial charge is 0.0546 e. The van der Waals surface area contributed by atoms with E-state index in [4.69, 9.17) is 0 Å². The molecule has 0 heterocycles. The maximum absolute atomic E-state index is 2.40. The summed E-state index contributed by atoms with van der Waals surface area (Å²) in [5.74, 6) is 0. The predicted molar refractivity (Wildman–Crippen MR) is 159 cm³/mol. The van der Waals surface area contributed by atoms with Crippen molar-refractivity contribution in [3.05, 3.63) is 152 Å². The molecular weight excluding hydrogens is 446 g/mol. The Morgan fingerprint density at radius 1 is 0.351 bits per heavy atom. The van der Waals surface area contributed by atoms with E-state index in [0.717, 1.165) is 17.1 Å². The molecule has 0 aliphatic rings. The van der Waals surface area contributed by atoms with Crippen LogP contribution in [0.4, 0.5) is 17.1 Å². The maximum atomic E-state index is 2.40. The van der Waals surface area contributed by atoms with Crippen molar-refractivity contribution in [3.8, 4) is 11.1 Å². The molecule has 0 unspecified atom stereocenters. The van der Waals surface area contributed by atoms with Crippen molar-refractivity contribution in [2.45, 2.75) is 0 Å². The molecule has 0 radical (unpaired) electrons. The van der Waals surface area contributed by atoms with Crippen LogP contribution in [0.5, 0.6) is 0 Å². The monoisotopic (exact) mass is 471 g/mol. The second-order valence-electron chi connectivity index (χ2n) is 9.41. The first-order valence-electron chi connectivity index (χ1n) is 12.7. The van der Waals surface area contributed by atoms with Crippen LogP contribution in [0.3, 0.4) is 0 Å². The number of rotatable bonds is 4. The second kappa shape index (κ2) is 8.96. The zero-order valence-electron chi connectivity index (χ0n) is 20.4. The molecule has 1 heteroatoms. The largest absolute Gasteiger partial charge is 0.310 e. The highest BCUT2D eigenvalue weighted by Crippen LogP contribution is 2.46. The molecule has 7 rings (SSSR count). The van der Waals surface area contributed by atoms with Gasteiger partial charge >= 0.3 is 0 Å². The summed E-state index contributed by atoms with van der Waals surface area (Å²) in [6.07, 6.45) is 0. The lowest BCUT2D eigenvalue weighted by Gasteiger charge is -2.29. The van der Waals surface area contributed by atoms with E-state index >= 15 is 0 Å². The van der Waals surface area contributed by atoms with Gasteiger partial charge in [-0.25, -0.2) is 0 Å². The highest BCUT2D eigenvalue weighted by molar-refractivity contribution is 6.11. The van der Waals surface area contributed by atoms with E-state index in [9.17, 15) is 0 Å². The molecule has 7 aromatic rings. The van der Waals surface area contributed by atoms with Gasteiger partial charge in [0.15, 0.2) is 0 Å². The standard InChI is InChI=1S/C36H25N/c1-2-16-30(17-3-1)37(31-23-21-26-11-4-5-14-29(26)25-31)35-24-22-28-13-7-9-19-33(28)36(35)34-20-10-15-27-12-6-8-18-32(27)34/h1-25H. The molecule has 0 fully saturated rings. The summed E-state index contributed by atoms with van der Waals surface area (Å²) in [6, 6.07) is 54.5. The van der Waals surface area contributed by atoms with Crippen LogP contribution < -0.4 is 4.90 Å². The Labute approximate surface area is 216 Å². The number of fused-ring (bicyclic) bond motifs is 3. The molecule has 0 atom stereocenters. The second-order valence-corrected chi connectivity index (χ2v) is 9.41. The van der Waals surface area contributed by atoms with Gasteiger partial charge in [0, 0.05) is 16.9 Å². The Morgan fingerprint density at radius 2 is 0.946 bits per heavy atom. The van der Waals surface area contributed by atoms with Gasteiger partial charge in [0.05, 0.1) is 5.69 Å². The van der Waals surface area contributed by atoms with Gasteiger partial charge in [-0.2, -0.15) is 0 Å². The van der Waals surface area contributed by atoms with Gasteiger partial charge in [-0.15, -0.1) is 0 Å². The first kappa shape index (κ1) is 21.4. The van der Waals surface area contributed by atoms with Crippen LogP contribution >= 0.6 is 0 Å². The van der Waals surface area contributed by atoms with Crippen LogP contribution in [0, 0.1) is 0 Å². The summed E-state index contributed by atoms with van der Waals surface area (Å²) in [5, 5.41) is 7.46. The number of nitrogens with zero attached hydrogens (tertiary/aromatic N) is 1. The molecule has 0 bridgehead atoms. The maximum Gasteiger partial charge on any atom is 0.0546 e. The number of benzene rings is 7. The SMILES string of the molecule is c1ccc(N(c2ccc3ccccc3c2)c2ccc3ccccc3c2-c2cccc3ccccc23)cc1. The van der Waals surface area contributed by atoms with Crippen molar-refractivity contribution in [2.24, 2.45) is 0 Å². The summed E-state index contributed by atoms with van der Waals surface area (Å²) >= 11 is 0. The fraction of sp³-hybridized carbons (Fsp3) is 0. The van der Waals surface area contributed by atoms with Crippen molar-refractivity contribution in [3.63, 3.8) is 0 Å². The first-order chi connectivity index (χ1) is 18.4. The van der Waals surface area contributed by atoms with E-state index in [1.165, 1.54) is 43.4 Å². The topological polar surface area (TPSA) is 3.24 Å². The zero-order chi connectivity index (χ0) is 24.6. The lowest BCUT2D eigenvalue weighted by molar-refractivity contribution is 1.29. The molecule has 174 valence electrons. The Balaban J connectivity index is 1.58. The Bertz CT molecular complexity index is 1880. The summed E-state index contributed by atoms with van der Waals surface area (Å²) in [7, 11) is 0. The molecule has 0 saturated heterocycles. The first-order valence-corrected chi connectivity index (χ1v) is 12.7. The van der Waals surface area contributed by atoms with E-state index in [0.29, 0.717) is 0 Å². The molecular formula is C36H25N. The van der Waals surface area contributed by atoms with Gasteiger partial charge in [-0.05, 0) is 68.2 Å². The van der Waals surface area contributed by atoms with E-state index < -0.39 is 0 Å². The molecule has 0 amide bonds. The predicted octanol–water partition coefficient (Wildman–Crippen LogP) is 10.3. The normalized spacial score (nSPS) is 11.2. The van der Waals surface area contributed by atoms with Crippen LogP contribution in [-0.2, 0) is 0 Å². The Kier molecular flexibility index (Phi) is 5.19. The van der Waals surface area contributed by atoms with Crippen LogP contribution in [0.2, 0.25) is 0 Å². The summed E-state index contributed by atoms with van der Waals surface area (Å²) in [6.45, 7) is 0. The van der Waals surface area contributed by atoms with Crippen LogP contribution in [0.25, 0.3) is 43.4 Å². The van der Waals surface area contributed by atoms with E-state index in [-0.39, 0.29) is 0 Å². The lowest BCUT2D eigenvalue weighted by atomic mass is 9.91. The third-order valence-electron chi connectivity index (χ3n) is 7.21. The van der Waals surface area contributed by atoms with E-state index in [1.54, 1.807) is 0 Å².